The third kappa shape index (κ3) is 3.27. The quantitative estimate of drug-likeness (QED) is 0.767. The van der Waals surface area contributed by atoms with Crippen LogP contribution in [0.15, 0.2) is 30.3 Å². The molecule has 2 nitrogen and oxygen atoms in total. The Morgan fingerprint density at radius 3 is 2.76 bits per heavy atom. The van der Waals surface area contributed by atoms with E-state index in [-0.39, 0.29) is 11.3 Å². The van der Waals surface area contributed by atoms with Crippen molar-refractivity contribution in [3.8, 4) is 0 Å². The first-order valence-electron chi connectivity index (χ1n) is 5.52. The summed E-state index contributed by atoms with van der Waals surface area (Å²) in [6.07, 6.45) is 3.46. The van der Waals surface area contributed by atoms with Gasteiger partial charge in [0.25, 0.3) is 0 Å². The molecule has 1 aromatic rings. The van der Waals surface area contributed by atoms with E-state index in [9.17, 15) is 4.79 Å². The lowest BCUT2D eigenvalue weighted by Crippen LogP contribution is -2.31. The number of carbonyl (C=O) groups excluding carboxylic acids is 1. The van der Waals surface area contributed by atoms with Gasteiger partial charge in [-0.1, -0.05) is 23.7 Å². The summed E-state index contributed by atoms with van der Waals surface area (Å²) in [5, 5.41) is 0.996. The fourth-order valence-electron chi connectivity index (χ4n) is 1.72. The second-order valence-corrected chi connectivity index (χ2v) is 5.75. The molecule has 1 aromatic carbocycles. The molecule has 1 fully saturated rings. The summed E-state index contributed by atoms with van der Waals surface area (Å²) in [5.41, 5.74) is 0.988. The molecule has 1 unspecified atom stereocenters. The third-order valence-corrected chi connectivity index (χ3v) is 4.11. The number of halogens is 1. The van der Waals surface area contributed by atoms with Crippen molar-refractivity contribution in [2.45, 2.75) is 12.3 Å². The lowest BCUT2D eigenvalue weighted by atomic mass is 10.2. The zero-order valence-corrected chi connectivity index (χ0v) is 11.2. The number of amides is 1. The Hall–Kier alpha value is -0.930. The molecule has 1 atom stereocenters. The molecular formula is C13H14ClNOS. The zero-order chi connectivity index (χ0) is 12.3. The van der Waals surface area contributed by atoms with Crippen LogP contribution < -0.4 is 0 Å². The van der Waals surface area contributed by atoms with Crippen molar-refractivity contribution in [3.63, 3.8) is 0 Å². The Labute approximate surface area is 111 Å². The Bertz CT molecular complexity index is 430. The van der Waals surface area contributed by atoms with Gasteiger partial charge in [0.15, 0.2) is 0 Å². The number of rotatable bonds is 2. The predicted octanol–water partition coefficient (Wildman–Crippen LogP) is 3.27. The van der Waals surface area contributed by atoms with E-state index in [0.717, 1.165) is 17.9 Å². The Morgan fingerprint density at radius 2 is 2.18 bits per heavy atom. The second kappa shape index (κ2) is 5.61. The lowest BCUT2D eigenvalue weighted by Gasteiger charge is -2.18. The van der Waals surface area contributed by atoms with E-state index in [1.807, 2.05) is 47.0 Å². The van der Waals surface area contributed by atoms with Crippen LogP contribution in [0.1, 0.15) is 12.5 Å². The molecule has 90 valence electrons. The van der Waals surface area contributed by atoms with Crippen LogP contribution in [0, 0.1) is 0 Å². The maximum absolute atomic E-state index is 11.9. The van der Waals surface area contributed by atoms with Gasteiger partial charge in [-0.2, -0.15) is 0 Å². The van der Waals surface area contributed by atoms with Gasteiger partial charge in [0.2, 0.25) is 5.91 Å². The van der Waals surface area contributed by atoms with Crippen LogP contribution in [0.2, 0.25) is 5.02 Å². The highest BCUT2D eigenvalue weighted by atomic mass is 35.5. The van der Waals surface area contributed by atoms with Gasteiger partial charge in [-0.3, -0.25) is 4.79 Å². The zero-order valence-electron chi connectivity index (χ0n) is 9.60. The normalized spacial score (nSPS) is 20.1. The van der Waals surface area contributed by atoms with E-state index in [4.69, 9.17) is 11.6 Å². The molecule has 0 saturated carbocycles. The average molecular weight is 268 g/mol. The molecule has 17 heavy (non-hydrogen) atoms. The molecule has 0 aliphatic carbocycles. The number of benzene rings is 1. The minimum atomic E-state index is 0.0810. The number of hydrogen-bond acceptors (Lipinski definition) is 2. The molecule has 1 aliphatic heterocycles. The summed E-state index contributed by atoms with van der Waals surface area (Å²) in [7, 11) is 0. The SMILES string of the molecule is CC1SCCN1C(=O)/C=C/c1ccc(Cl)cc1. The fraction of sp³-hybridized carbons (Fsp3) is 0.308. The van der Waals surface area contributed by atoms with Gasteiger partial charge in [-0.15, -0.1) is 11.8 Å². The molecule has 0 N–H and O–H groups in total. The summed E-state index contributed by atoms with van der Waals surface area (Å²) < 4.78 is 0. The van der Waals surface area contributed by atoms with Gasteiger partial charge in [0, 0.05) is 23.4 Å². The van der Waals surface area contributed by atoms with E-state index >= 15 is 0 Å². The summed E-state index contributed by atoms with van der Waals surface area (Å²) >= 11 is 7.61. The van der Waals surface area contributed by atoms with Crippen LogP contribution in [0.3, 0.4) is 0 Å². The highest BCUT2D eigenvalue weighted by Crippen LogP contribution is 2.23. The Kier molecular flexibility index (Phi) is 4.13. The fourth-order valence-corrected chi connectivity index (χ4v) is 2.88. The lowest BCUT2D eigenvalue weighted by molar-refractivity contribution is -0.125. The Morgan fingerprint density at radius 1 is 1.47 bits per heavy atom. The number of nitrogens with zero attached hydrogens (tertiary/aromatic N) is 1. The summed E-state index contributed by atoms with van der Waals surface area (Å²) in [4.78, 5) is 13.8. The standard InChI is InChI=1S/C13H14ClNOS/c1-10-15(8-9-17-10)13(16)7-4-11-2-5-12(14)6-3-11/h2-7,10H,8-9H2,1H3/b7-4+. The van der Waals surface area contributed by atoms with E-state index in [1.165, 1.54) is 0 Å². The van der Waals surface area contributed by atoms with Crippen LogP contribution in [-0.4, -0.2) is 28.5 Å². The predicted molar refractivity (Wildman–Crippen MR) is 74.1 cm³/mol. The van der Waals surface area contributed by atoms with Crippen molar-refractivity contribution in [1.82, 2.24) is 4.90 Å². The Balaban J connectivity index is 2.00. The molecule has 1 aliphatic rings. The molecule has 1 amide bonds. The highest BCUT2D eigenvalue weighted by molar-refractivity contribution is 8.00. The first-order valence-corrected chi connectivity index (χ1v) is 6.95. The van der Waals surface area contributed by atoms with Crippen LogP contribution in [0.25, 0.3) is 6.08 Å². The first kappa shape index (κ1) is 12.5. The van der Waals surface area contributed by atoms with Gasteiger partial charge in [0.1, 0.15) is 0 Å². The molecule has 0 aromatic heterocycles. The van der Waals surface area contributed by atoms with Crippen molar-refractivity contribution in [2.75, 3.05) is 12.3 Å². The number of hydrogen-bond donors (Lipinski definition) is 0. The number of thioether (sulfide) groups is 1. The molecule has 0 radical (unpaired) electrons. The van der Waals surface area contributed by atoms with Crippen molar-refractivity contribution in [2.24, 2.45) is 0 Å². The van der Waals surface area contributed by atoms with E-state index < -0.39 is 0 Å². The number of carbonyl (C=O) groups is 1. The molecule has 1 saturated heterocycles. The van der Waals surface area contributed by atoms with E-state index in [1.54, 1.807) is 6.08 Å². The van der Waals surface area contributed by atoms with Crippen molar-refractivity contribution < 1.29 is 4.79 Å². The van der Waals surface area contributed by atoms with Gasteiger partial charge in [0.05, 0.1) is 5.37 Å². The second-order valence-electron chi connectivity index (χ2n) is 3.89. The van der Waals surface area contributed by atoms with Crippen LogP contribution in [0.4, 0.5) is 0 Å². The molecule has 4 heteroatoms. The molecule has 0 spiro atoms. The van der Waals surface area contributed by atoms with Gasteiger partial charge < -0.3 is 4.90 Å². The summed E-state index contributed by atoms with van der Waals surface area (Å²) in [6, 6.07) is 7.43. The van der Waals surface area contributed by atoms with Crippen LogP contribution in [-0.2, 0) is 4.79 Å². The smallest absolute Gasteiger partial charge is 0.247 e. The van der Waals surface area contributed by atoms with Gasteiger partial charge >= 0.3 is 0 Å². The van der Waals surface area contributed by atoms with E-state index in [2.05, 4.69) is 6.92 Å². The van der Waals surface area contributed by atoms with Gasteiger partial charge in [-0.25, -0.2) is 0 Å². The molecule has 1 heterocycles. The first-order chi connectivity index (χ1) is 8.16. The average Bonchev–Trinajstić information content (AvgIpc) is 2.74. The maximum atomic E-state index is 11.9. The topological polar surface area (TPSA) is 20.3 Å². The van der Waals surface area contributed by atoms with Crippen molar-refractivity contribution >= 4 is 35.3 Å². The summed E-state index contributed by atoms with van der Waals surface area (Å²) in [6.45, 7) is 2.90. The molecule has 2 rings (SSSR count). The maximum Gasteiger partial charge on any atom is 0.247 e. The van der Waals surface area contributed by atoms with Crippen LogP contribution in [0.5, 0.6) is 0 Å². The highest BCUT2D eigenvalue weighted by Gasteiger charge is 2.23. The minimum absolute atomic E-state index is 0.0810. The van der Waals surface area contributed by atoms with Crippen molar-refractivity contribution in [1.29, 1.82) is 0 Å². The molecular weight excluding hydrogens is 254 g/mol. The van der Waals surface area contributed by atoms with Crippen molar-refractivity contribution in [3.05, 3.63) is 40.9 Å². The largest absolute Gasteiger partial charge is 0.327 e. The van der Waals surface area contributed by atoms with Crippen LogP contribution >= 0.6 is 23.4 Å². The minimum Gasteiger partial charge on any atom is -0.327 e. The monoisotopic (exact) mass is 267 g/mol. The van der Waals surface area contributed by atoms with Gasteiger partial charge in [-0.05, 0) is 30.7 Å². The summed E-state index contributed by atoms with van der Waals surface area (Å²) in [5.74, 6) is 1.11. The third-order valence-electron chi connectivity index (χ3n) is 2.70. The van der Waals surface area contributed by atoms with E-state index in [0.29, 0.717) is 5.02 Å². The molecule has 0 bridgehead atoms.